The van der Waals surface area contributed by atoms with Crippen molar-refractivity contribution in [1.29, 1.82) is 0 Å². The molecule has 7 heteroatoms. The van der Waals surface area contributed by atoms with Gasteiger partial charge in [0.05, 0.1) is 16.0 Å². The Kier molecular flexibility index (Phi) is 3.48. The highest BCUT2D eigenvalue weighted by Crippen LogP contribution is 2.51. The SMILES string of the molecule is CC1(C)CN(c2ncc([N+](=O)[O-])cc2Cl)C1c1cccnc1. The molecule has 1 aliphatic rings. The Balaban J connectivity index is 1.97. The molecule has 1 atom stereocenters. The fourth-order valence-corrected chi connectivity index (χ4v) is 3.29. The smallest absolute Gasteiger partial charge is 0.289 e. The minimum absolute atomic E-state index is 0.0514. The van der Waals surface area contributed by atoms with E-state index in [1.54, 1.807) is 6.20 Å². The van der Waals surface area contributed by atoms with Crippen molar-refractivity contribution in [1.82, 2.24) is 9.97 Å². The van der Waals surface area contributed by atoms with E-state index in [-0.39, 0.29) is 17.1 Å². The lowest BCUT2D eigenvalue weighted by Gasteiger charge is -2.55. The summed E-state index contributed by atoms with van der Waals surface area (Å²) in [5.74, 6) is 0.570. The standard InChI is InChI=1S/C15H15ClN4O2/c1-15(2)9-19(13(15)10-4-3-5-17-7-10)14-12(16)6-11(8-18-14)20(21)22/h3-8,13H,9H2,1-2H3. The quantitative estimate of drug-likeness (QED) is 0.638. The van der Waals surface area contributed by atoms with Crippen molar-refractivity contribution in [3.05, 3.63) is 57.5 Å². The lowest BCUT2D eigenvalue weighted by molar-refractivity contribution is -0.385. The van der Waals surface area contributed by atoms with Gasteiger partial charge in [0.15, 0.2) is 0 Å². The Morgan fingerprint density at radius 2 is 2.23 bits per heavy atom. The largest absolute Gasteiger partial charge is 0.347 e. The van der Waals surface area contributed by atoms with E-state index in [1.165, 1.54) is 12.3 Å². The van der Waals surface area contributed by atoms with Crippen LogP contribution in [0.2, 0.25) is 5.02 Å². The van der Waals surface area contributed by atoms with Gasteiger partial charge >= 0.3 is 0 Å². The minimum atomic E-state index is -0.499. The van der Waals surface area contributed by atoms with Crippen LogP contribution in [0.15, 0.2) is 36.8 Å². The third-order valence-electron chi connectivity index (χ3n) is 3.92. The molecule has 1 aliphatic heterocycles. The maximum atomic E-state index is 10.8. The van der Waals surface area contributed by atoms with Gasteiger partial charge in [-0.25, -0.2) is 4.98 Å². The number of hydrogen-bond donors (Lipinski definition) is 0. The molecule has 3 heterocycles. The third-order valence-corrected chi connectivity index (χ3v) is 4.20. The van der Waals surface area contributed by atoms with E-state index < -0.39 is 4.92 Å². The van der Waals surface area contributed by atoms with Crippen molar-refractivity contribution in [3.8, 4) is 0 Å². The highest BCUT2D eigenvalue weighted by molar-refractivity contribution is 6.33. The Hall–Kier alpha value is -2.21. The van der Waals surface area contributed by atoms with Gasteiger partial charge < -0.3 is 4.90 Å². The molecular formula is C15H15ClN4O2. The molecule has 0 radical (unpaired) electrons. The molecule has 2 aromatic rings. The first-order valence-electron chi connectivity index (χ1n) is 6.86. The molecule has 22 heavy (non-hydrogen) atoms. The molecule has 0 N–H and O–H groups in total. The van der Waals surface area contributed by atoms with E-state index in [9.17, 15) is 10.1 Å². The van der Waals surface area contributed by atoms with E-state index in [1.807, 2.05) is 18.3 Å². The summed E-state index contributed by atoms with van der Waals surface area (Å²) in [5.41, 5.74) is 1.02. The van der Waals surface area contributed by atoms with Gasteiger partial charge in [-0.1, -0.05) is 31.5 Å². The van der Waals surface area contributed by atoms with Gasteiger partial charge in [-0.05, 0) is 11.6 Å². The van der Waals surface area contributed by atoms with Gasteiger partial charge in [0, 0.05) is 30.4 Å². The van der Waals surface area contributed by atoms with Crippen LogP contribution in [-0.4, -0.2) is 21.4 Å². The second-order valence-electron chi connectivity index (χ2n) is 6.06. The molecular weight excluding hydrogens is 304 g/mol. The van der Waals surface area contributed by atoms with E-state index in [2.05, 4.69) is 28.7 Å². The predicted octanol–water partition coefficient (Wildman–Crippen LogP) is 3.63. The van der Waals surface area contributed by atoms with E-state index in [4.69, 9.17) is 11.6 Å². The summed E-state index contributed by atoms with van der Waals surface area (Å²) in [4.78, 5) is 20.7. The first kappa shape index (κ1) is 14.7. The summed E-state index contributed by atoms with van der Waals surface area (Å²) in [7, 11) is 0. The molecule has 0 saturated carbocycles. The number of halogens is 1. The highest BCUT2D eigenvalue weighted by Gasteiger charge is 2.47. The summed E-state index contributed by atoms with van der Waals surface area (Å²) < 4.78 is 0. The Morgan fingerprint density at radius 1 is 1.45 bits per heavy atom. The molecule has 0 aromatic carbocycles. The maximum Gasteiger partial charge on any atom is 0.289 e. The third kappa shape index (κ3) is 2.39. The van der Waals surface area contributed by atoms with Crippen molar-refractivity contribution in [2.45, 2.75) is 19.9 Å². The summed E-state index contributed by atoms with van der Waals surface area (Å²) in [5, 5.41) is 11.1. The van der Waals surface area contributed by atoms with E-state index in [0.29, 0.717) is 10.8 Å². The normalized spacial score (nSPS) is 19.6. The van der Waals surface area contributed by atoms with Crippen molar-refractivity contribution >= 4 is 23.1 Å². The molecule has 0 spiro atoms. The van der Waals surface area contributed by atoms with Crippen LogP contribution in [0.1, 0.15) is 25.5 Å². The van der Waals surface area contributed by atoms with Crippen LogP contribution in [0.25, 0.3) is 0 Å². The van der Waals surface area contributed by atoms with E-state index >= 15 is 0 Å². The molecule has 0 amide bonds. The van der Waals surface area contributed by atoms with Crippen LogP contribution in [0, 0.1) is 15.5 Å². The van der Waals surface area contributed by atoms with Gasteiger partial charge in [-0.15, -0.1) is 0 Å². The van der Waals surface area contributed by atoms with Crippen LogP contribution in [-0.2, 0) is 0 Å². The van der Waals surface area contributed by atoms with Crippen molar-refractivity contribution in [2.75, 3.05) is 11.4 Å². The second kappa shape index (κ2) is 5.21. The van der Waals surface area contributed by atoms with Crippen LogP contribution < -0.4 is 4.90 Å². The fourth-order valence-electron chi connectivity index (χ4n) is 3.02. The zero-order valence-corrected chi connectivity index (χ0v) is 13.0. The Labute approximate surface area is 132 Å². The topological polar surface area (TPSA) is 72.2 Å². The zero-order chi connectivity index (χ0) is 15.9. The zero-order valence-electron chi connectivity index (χ0n) is 12.2. The summed E-state index contributed by atoms with van der Waals surface area (Å²) in [6.45, 7) is 5.11. The van der Waals surface area contributed by atoms with Crippen LogP contribution in [0.4, 0.5) is 11.5 Å². The molecule has 0 aliphatic carbocycles. The van der Waals surface area contributed by atoms with Crippen LogP contribution in [0.5, 0.6) is 0 Å². The summed E-state index contributed by atoms with van der Waals surface area (Å²) >= 11 is 6.20. The molecule has 3 rings (SSSR count). The van der Waals surface area contributed by atoms with Crippen LogP contribution in [0.3, 0.4) is 0 Å². The first-order chi connectivity index (χ1) is 10.4. The Morgan fingerprint density at radius 3 is 2.77 bits per heavy atom. The number of anilines is 1. The highest BCUT2D eigenvalue weighted by atomic mass is 35.5. The molecule has 114 valence electrons. The summed E-state index contributed by atoms with van der Waals surface area (Å²) in [6, 6.07) is 5.35. The number of nitrogens with zero attached hydrogens (tertiary/aromatic N) is 4. The summed E-state index contributed by atoms with van der Waals surface area (Å²) in [6.07, 6.45) is 4.81. The van der Waals surface area contributed by atoms with Crippen LogP contribution >= 0.6 is 11.6 Å². The minimum Gasteiger partial charge on any atom is -0.347 e. The van der Waals surface area contributed by atoms with Gasteiger partial charge in [-0.2, -0.15) is 0 Å². The average Bonchev–Trinajstić information content (AvgIpc) is 2.46. The number of aromatic nitrogens is 2. The molecule has 1 saturated heterocycles. The predicted molar refractivity (Wildman–Crippen MR) is 84.0 cm³/mol. The number of pyridine rings is 2. The molecule has 0 bridgehead atoms. The van der Waals surface area contributed by atoms with E-state index in [0.717, 1.165) is 12.1 Å². The van der Waals surface area contributed by atoms with Gasteiger partial charge in [-0.3, -0.25) is 15.1 Å². The fraction of sp³-hybridized carbons (Fsp3) is 0.333. The lowest BCUT2D eigenvalue weighted by Crippen LogP contribution is -2.56. The van der Waals surface area contributed by atoms with Gasteiger partial charge in [0.1, 0.15) is 12.0 Å². The Bertz CT molecular complexity index is 721. The maximum absolute atomic E-state index is 10.8. The molecule has 1 fully saturated rings. The van der Waals surface area contributed by atoms with Gasteiger partial charge in [0.2, 0.25) is 0 Å². The van der Waals surface area contributed by atoms with Crippen molar-refractivity contribution in [2.24, 2.45) is 5.41 Å². The average molecular weight is 319 g/mol. The molecule has 1 unspecified atom stereocenters. The first-order valence-corrected chi connectivity index (χ1v) is 7.24. The number of rotatable bonds is 3. The van der Waals surface area contributed by atoms with Crippen molar-refractivity contribution < 1.29 is 4.92 Å². The lowest BCUT2D eigenvalue weighted by atomic mass is 9.72. The van der Waals surface area contributed by atoms with Crippen molar-refractivity contribution in [3.63, 3.8) is 0 Å². The monoisotopic (exact) mass is 318 g/mol. The number of hydrogen-bond acceptors (Lipinski definition) is 5. The number of nitro groups is 1. The second-order valence-corrected chi connectivity index (χ2v) is 6.47. The molecule has 2 aromatic heterocycles. The van der Waals surface area contributed by atoms with Gasteiger partial charge in [0.25, 0.3) is 5.69 Å². The molecule has 6 nitrogen and oxygen atoms in total.